The van der Waals surface area contributed by atoms with Crippen LogP contribution in [0.15, 0.2) is 24.4 Å². The number of carbonyl (C=O) groups is 3. The van der Waals surface area contributed by atoms with Crippen LogP contribution in [0.4, 0.5) is 4.79 Å². The van der Waals surface area contributed by atoms with Gasteiger partial charge in [-0.3, -0.25) is 19.5 Å². The van der Waals surface area contributed by atoms with Gasteiger partial charge < -0.3 is 14.5 Å². The normalized spacial score (nSPS) is 25.5. The van der Waals surface area contributed by atoms with Crippen molar-refractivity contribution in [3.63, 3.8) is 0 Å². The van der Waals surface area contributed by atoms with Gasteiger partial charge in [0.2, 0.25) is 11.8 Å². The van der Waals surface area contributed by atoms with Crippen LogP contribution >= 0.6 is 0 Å². The van der Waals surface area contributed by atoms with E-state index in [1.165, 1.54) is 4.90 Å². The molecule has 5 heterocycles. The fraction of sp³-hybridized carbons (Fsp3) is 0.556. The first kappa shape index (κ1) is 16.8. The molecule has 5 rings (SSSR count). The van der Waals surface area contributed by atoms with Crippen molar-refractivity contribution in [3.05, 3.63) is 30.1 Å². The van der Waals surface area contributed by atoms with E-state index in [-0.39, 0.29) is 30.3 Å². The highest BCUT2D eigenvalue weighted by Crippen LogP contribution is 2.30. The molecule has 0 radical (unpaired) electrons. The molecule has 2 bridgehead atoms. The molecule has 4 aliphatic rings. The molecule has 4 fully saturated rings. The zero-order chi connectivity index (χ0) is 18.1. The lowest BCUT2D eigenvalue weighted by molar-refractivity contribution is -0.140. The average Bonchev–Trinajstić information content (AvgIpc) is 2.87. The Labute approximate surface area is 151 Å². The number of fused-ring (bicyclic) bond motifs is 4. The molecule has 0 aromatic carbocycles. The van der Waals surface area contributed by atoms with Crippen LogP contribution in [0, 0.1) is 5.92 Å². The van der Waals surface area contributed by atoms with Gasteiger partial charge in [0.1, 0.15) is 13.2 Å². The Hall–Kier alpha value is -2.64. The van der Waals surface area contributed by atoms with E-state index in [0.29, 0.717) is 32.8 Å². The lowest BCUT2D eigenvalue weighted by atomic mass is 9.94. The summed E-state index contributed by atoms with van der Waals surface area (Å²) in [5.41, 5.74) is 0.853. The summed E-state index contributed by atoms with van der Waals surface area (Å²) in [6, 6.07) is 5.67. The van der Waals surface area contributed by atoms with E-state index >= 15 is 0 Å². The minimum atomic E-state index is -0.441. The Morgan fingerprint density at radius 2 is 2.12 bits per heavy atom. The minimum absolute atomic E-state index is 0.00210. The maximum Gasteiger partial charge on any atom is 0.410 e. The average molecular weight is 358 g/mol. The predicted octanol–water partition coefficient (Wildman–Crippen LogP) is 0.483. The fourth-order valence-electron chi connectivity index (χ4n) is 3.95. The smallest absolute Gasteiger partial charge is 0.410 e. The number of rotatable bonds is 4. The molecule has 0 aliphatic carbocycles. The van der Waals surface area contributed by atoms with Crippen molar-refractivity contribution in [2.45, 2.75) is 25.4 Å². The number of hydrogen-bond acceptors (Lipinski definition) is 5. The van der Waals surface area contributed by atoms with Crippen molar-refractivity contribution < 1.29 is 19.1 Å². The second-order valence-corrected chi connectivity index (χ2v) is 7.05. The van der Waals surface area contributed by atoms with E-state index in [2.05, 4.69) is 4.98 Å². The molecule has 2 atom stereocenters. The molecule has 0 N–H and O–H groups in total. The Kier molecular flexibility index (Phi) is 4.48. The van der Waals surface area contributed by atoms with Crippen LogP contribution in [0.3, 0.4) is 0 Å². The maximum atomic E-state index is 12.9. The van der Waals surface area contributed by atoms with Gasteiger partial charge in [0, 0.05) is 25.3 Å². The zero-order valence-electron chi connectivity index (χ0n) is 14.5. The van der Waals surface area contributed by atoms with E-state index in [1.54, 1.807) is 11.1 Å². The molecule has 8 heteroatoms. The predicted molar refractivity (Wildman–Crippen MR) is 90.8 cm³/mol. The Morgan fingerprint density at radius 3 is 2.85 bits per heavy atom. The number of aromatic nitrogens is 1. The van der Waals surface area contributed by atoms with Crippen LogP contribution < -0.4 is 0 Å². The molecule has 3 amide bonds. The molecule has 138 valence electrons. The Bertz CT molecular complexity index is 710. The maximum absolute atomic E-state index is 12.9. The van der Waals surface area contributed by atoms with Gasteiger partial charge in [-0.25, -0.2) is 4.79 Å². The monoisotopic (exact) mass is 358 g/mol. The molecule has 0 saturated carbocycles. The first-order valence-electron chi connectivity index (χ1n) is 9.01. The number of amides is 3. The van der Waals surface area contributed by atoms with E-state index in [4.69, 9.17) is 4.74 Å². The second kappa shape index (κ2) is 6.93. The van der Waals surface area contributed by atoms with Crippen LogP contribution in [0.5, 0.6) is 0 Å². The Balaban J connectivity index is 1.46. The summed E-state index contributed by atoms with van der Waals surface area (Å²) < 4.78 is 4.88. The molecule has 0 spiro atoms. The summed E-state index contributed by atoms with van der Waals surface area (Å²) in [4.78, 5) is 46.4. The first-order valence-corrected chi connectivity index (χ1v) is 9.01. The molecule has 4 saturated heterocycles. The molecule has 0 unspecified atom stereocenters. The van der Waals surface area contributed by atoms with Gasteiger partial charge in [0.25, 0.3) is 0 Å². The molecule has 1 aromatic heterocycles. The van der Waals surface area contributed by atoms with Crippen molar-refractivity contribution in [1.29, 1.82) is 0 Å². The highest BCUT2D eigenvalue weighted by Gasteiger charge is 2.42. The summed E-state index contributed by atoms with van der Waals surface area (Å²) in [6.07, 6.45) is 2.97. The molecule has 1 aromatic rings. The van der Waals surface area contributed by atoms with E-state index < -0.39 is 6.09 Å². The number of nitrogens with zero attached hydrogens (tertiary/aromatic N) is 4. The molecular formula is C18H22N4O4. The van der Waals surface area contributed by atoms with Gasteiger partial charge in [-0.05, 0) is 25.0 Å². The fourth-order valence-corrected chi connectivity index (χ4v) is 3.95. The second-order valence-electron chi connectivity index (χ2n) is 7.05. The summed E-state index contributed by atoms with van der Waals surface area (Å²) >= 11 is 0. The third-order valence-corrected chi connectivity index (χ3v) is 5.38. The van der Waals surface area contributed by atoms with Crippen LogP contribution in [0.1, 0.15) is 18.5 Å². The number of pyridine rings is 1. The van der Waals surface area contributed by atoms with Crippen LogP contribution in [0.2, 0.25) is 0 Å². The molecule has 8 nitrogen and oxygen atoms in total. The lowest BCUT2D eigenvalue weighted by Gasteiger charge is -2.35. The quantitative estimate of drug-likeness (QED) is 0.782. The molecule has 4 aliphatic heterocycles. The van der Waals surface area contributed by atoms with Gasteiger partial charge in [-0.1, -0.05) is 6.07 Å². The van der Waals surface area contributed by atoms with Gasteiger partial charge in [-0.2, -0.15) is 0 Å². The standard InChI is InChI=1S/C18H22N4O4/c23-16(12-20-7-8-26-18(20)25)21-9-13-4-5-15(11-21)22(17(13)24)10-14-3-1-2-6-19-14/h1-3,6,13,15H,4-5,7-12H2/t13-,15+/m0/s1. The SMILES string of the molecule is O=C(CN1CCOC1=O)N1C[C@@H]2CC[C@H](C1)N(Cc1ccccn1)C2=O. The number of hydrogen-bond donors (Lipinski definition) is 0. The number of piperidine rings is 1. The highest BCUT2D eigenvalue weighted by molar-refractivity contribution is 5.85. The lowest BCUT2D eigenvalue weighted by Crippen LogP contribution is -2.48. The van der Waals surface area contributed by atoms with E-state index in [9.17, 15) is 14.4 Å². The third-order valence-electron chi connectivity index (χ3n) is 5.38. The number of cyclic esters (lactones) is 1. The van der Waals surface area contributed by atoms with Crippen molar-refractivity contribution in [3.8, 4) is 0 Å². The number of ether oxygens (including phenoxy) is 1. The molecule has 26 heavy (non-hydrogen) atoms. The Morgan fingerprint density at radius 1 is 1.23 bits per heavy atom. The van der Waals surface area contributed by atoms with Gasteiger partial charge in [0.05, 0.1) is 24.7 Å². The van der Waals surface area contributed by atoms with Crippen LogP contribution in [0.25, 0.3) is 0 Å². The third kappa shape index (κ3) is 3.23. The van der Waals surface area contributed by atoms with Crippen molar-refractivity contribution in [2.24, 2.45) is 5.92 Å². The van der Waals surface area contributed by atoms with Crippen molar-refractivity contribution in [2.75, 3.05) is 32.8 Å². The topological polar surface area (TPSA) is 83.1 Å². The van der Waals surface area contributed by atoms with E-state index in [1.807, 2.05) is 23.1 Å². The molecular weight excluding hydrogens is 336 g/mol. The first-order chi connectivity index (χ1) is 12.6. The van der Waals surface area contributed by atoms with Crippen molar-refractivity contribution in [1.82, 2.24) is 19.7 Å². The summed E-state index contributed by atoms with van der Waals surface area (Å²) in [7, 11) is 0. The number of carbonyl (C=O) groups excluding carboxylic acids is 3. The van der Waals surface area contributed by atoms with Gasteiger partial charge in [-0.15, -0.1) is 0 Å². The van der Waals surface area contributed by atoms with Gasteiger partial charge >= 0.3 is 6.09 Å². The van der Waals surface area contributed by atoms with Gasteiger partial charge in [0.15, 0.2) is 0 Å². The minimum Gasteiger partial charge on any atom is -0.448 e. The van der Waals surface area contributed by atoms with E-state index in [0.717, 1.165) is 18.5 Å². The largest absolute Gasteiger partial charge is 0.448 e. The summed E-state index contributed by atoms with van der Waals surface area (Å²) in [5, 5.41) is 0. The van der Waals surface area contributed by atoms with Crippen molar-refractivity contribution >= 4 is 17.9 Å². The summed E-state index contributed by atoms with van der Waals surface area (Å²) in [5.74, 6) is -0.192. The summed E-state index contributed by atoms with van der Waals surface area (Å²) in [6.45, 7) is 2.20. The van der Waals surface area contributed by atoms with Crippen LogP contribution in [-0.2, 0) is 20.9 Å². The zero-order valence-corrected chi connectivity index (χ0v) is 14.5. The van der Waals surface area contributed by atoms with Crippen LogP contribution in [-0.4, -0.2) is 76.4 Å². The highest BCUT2D eigenvalue weighted by atomic mass is 16.6.